The van der Waals surface area contributed by atoms with Crippen molar-refractivity contribution in [2.24, 2.45) is 0 Å². The Morgan fingerprint density at radius 3 is 2.31 bits per heavy atom. The predicted molar refractivity (Wildman–Crippen MR) is 36.7 cm³/mol. The van der Waals surface area contributed by atoms with Crippen LogP contribution in [0.4, 0.5) is 13.2 Å². The zero-order valence-electron chi connectivity index (χ0n) is 7.05. The van der Waals surface area contributed by atoms with Gasteiger partial charge >= 0.3 is 12.1 Å². The molecule has 0 heterocycles. The average Bonchev–Trinajstić information content (AvgIpc) is 2.01. The minimum Gasteiger partial charge on any atom is -0.468 e. The van der Waals surface area contributed by atoms with E-state index in [1.165, 1.54) is 0 Å². The minimum absolute atomic E-state index is 0.872. The minimum atomic E-state index is -4.79. The van der Waals surface area contributed by atoms with Crippen LogP contribution in [-0.4, -0.2) is 36.6 Å². The van der Waals surface area contributed by atoms with E-state index in [1.807, 2.05) is 0 Å². The highest BCUT2D eigenvalue weighted by molar-refractivity contribution is 5.75. The van der Waals surface area contributed by atoms with E-state index in [2.05, 4.69) is 4.74 Å². The number of aliphatic hydroxyl groups excluding tert-OH is 1. The Balaban J connectivity index is 4.06. The van der Waals surface area contributed by atoms with Gasteiger partial charge in [0, 0.05) is 0 Å². The summed E-state index contributed by atoms with van der Waals surface area (Å²) < 4.78 is 39.3. The van der Waals surface area contributed by atoms with Crippen molar-refractivity contribution in [3.63, 3.8) is 0 Å². The van der Waals surface area contributed by atoms with Gasteiger partial charge < -0.3 is 9.84 Å². The molecule has 13 heavy (non-hydrogen) atoms. The highest BCUT2D eigenvalue weighted by atomic mass is 19.4. The Hall–Kier alpha value is -0.820. The van der Waals surface area contributed by atoms with Crippen LogP contribution in [0.5, 0.6) is 0 Å². The number of nitrogens with one attached hydrogen (secondary N) is 1. The highest BCUT2D eigenvalue weighted by Gasteiger charge is 2.39. The zero-order valence-corrected chi connectivity index (χ0v) is 7.05. The third-order valence-electron chi connectivity index (χ3n) is 1.27. The number of halogens is 3. The van der Waals surface area contributed by atoms with Crippen LogP contribution in [0.15, 0.2) is 0 Å². The Bertz CT molecular complexity index is 182. The number of aliphatic hydroxyl groups is 1. The summed E-state index contributed by atoms with van der Waals surface area (Å²) in [5.74, 6) is -0.872. The number of esters is 1. The SMILES string of the molecule is COC(=O)[C@@H](C)NC(O)C(F)(F)F. The number of methoxy groups -OCH3 is 1. The maximum Gasteiger partial charge on any atom is 0.427 e. The van der Waals surface area contributed by atoms with E-state index >= 15 is 0 Å². The first-order chi connectivity index (χ1) is 5.79. The summed E-state index contributed by atoms with van der Waals surface area (Å²) in [7, 11) is 1.04. The second-order valence-electron chi connectivity index (χ2n) is 2.36. The highest BCUT2D eigenvalue weighted by Crippen LogP contribution is 2.18. The lowest BCUT2D eigenvalue weighted by atomic mass is 10.3. The Morgan fingerprint density at radius 1 is 1.54 bits per heavy atom. The standard InChI is InChI=1S/C6H10F3NO3/c1-3(4(11)13-2)10-5(12)6(7,8)9/h3,5,10,12H,1-2H3/t3-,5?/m1/s1. The first kappa shape index (κ1) is 12.2. The maximum atomic E-state index is 11.7. The molecule has 0 spiro atoms. The van der Waals surface area contributed by atoms with Crippen molar-refractivity contribution >= 4 is 5.97 Å². The van der Waals surface area contributed by atoms with E-state index in [4.69, 9.17) is 5.11 Å². The molecule has 0 aromatic carbocycles. The molecule has 0 saturated heterocycles. The summed E-state index contributed by atoms with van der Waals surface area (Å²) in [6.07, 6.45) is -7.51. The molecule has 2 N–H and O–H groups in total. The van der Waals surface area contributed by atoms with E-state index in [9.17, 15) is 18.0 Å². The van der Waals surface area contributed by atoms with Gasteiger partial charge in [0.25, 0.3) is 0 Å². The van der Waals surface area contributed by atoms with Crippen molar-refractivity contribution in [1.29, 1.82) is 0 Å². The van der Waals surface area contributed by atoms with Crippen LogP contribution in [0.3, 0.4) is 0 Å². The number of ether oxygens (including phenoxy) is 1. The van der Waals surface area contributed by atoms with Crippen molar-refractivity contribution in [2.75, 3.05) is 7.11 Å². The van der Waals surface area contributed by atoms with Crippen molar-refractivity contribution in [3.8, 4) is 0 Å². The lowest BCUT2D eigenvalue weighted by molar-refractivity contribution is -0.216. The molecule has 0 saturated carbocycles. The summed E-state index contributed by atoms with van der Waals surface area (Å²) in [6.45, 7) is 1.15. The lowest BCUT2D eigenvalue weighted by Crippen LogP contribution is -2.49. The van der Waals surface area contributed by atoms with Crippen LogP contribution in [0, 0.1) is 0 Å². The van der Waals surface area contributed by atoms with Gasteiger partial charge in [0.2, 0.25) is 6.23 Å². The molecule has 0 aliphatic rings. The topological polar surface area (TPSA) is 58.6 Å². The van der Waals surface area contributed by atoms with Crippen LogP contribution in [0.25, 0.3) is 0 Å². The van der Waals surface area contributed by atoms with Crippen molar-refractivity contribution < 1.29 is 27.8 Å². The molecular weight excluding hydrogens is 191 g/mol. The fraction of sp³-hybridized carbons (Fsp3) is 0.833. The number of hydrogen-bond donors (Lipinski definition) is 2. The third kappa shape index (κ3) is 4.09. The first-order valence-electron chi connectivity index (χ1n) is 3.37. The van der Waals surface area contributed by atoms with Gasteiger partial charge in [-0.1, -0.05) is 0 Å². The van der Waals surface area contributed by atoms with Crippen LogP contribution < -0.4 is 5.32 Å². The van der Waals surface area contributed by atoms with Gasteiger partial charge in [-0.25, -0.2) is 0 Å². The molecule has 7 heteroatoms. The third-order valence-corrected chi connectivity index (χ3v) is 1.27. The molecule has 0 radical (unpaired) electrons. The second-order valence-corrected chi connectivity index (χ2v) is 2.36. The van der Waals surface area contributed by atoms with E-state index in [1.54, 1.807) is 5.32 Å². The molecule has 1 unspecified atom stereocenters. The Labute approximate surface area is 72.7 Å². The molecule has 0 bridgehead atoms. The van der Waals surface area contributed by atoms with E-state index in [0.717, 1.165) is 14.0 Å². The van der Waals surface area contributed by atoms with Crippen molar-refractivity contribution in [3.05, 3.63) is 0 Å². The number of carbonyl (C=O) groups is 1. The van der Waals surface area contributed by atoms with Gasteiger partial charge in [0.15, 0.2) is 0 Å². The molecule has 0 aliphatic heterocycles. The number of hydrogen-bond acceptors (Lipinski definition) is 4. The fourth-order valence-corrected chi connectivity index (χ4v) is 0.576. The molecular formula is C6H10F3NO3. The first-order valence-corrected chi connectivity index (χ1v) is 3.37. The van der Waals surface area contributed by atoms with Crippen LogP contribution in [-0.2, 0) is 9.53 Å². The van der Waals surface area contributed by atoms with Gasteiger partial charge in [-0.15, -0.1) is 0 Å². The van der Waals surface area contributed by atoms with E-state index in [0.29, 0.717) is 0 Å². The largest absolute Gasteiger partial charge is 0.468 e. The molecule has 0 amide bonds. The van der Waals surface area contributed by atoms with Crippen molar-refractivity contribution in [2.45, 2.75) is 25.4 Å². The smallest absolute Gasteiger partial charge is 0.427 e. The van der Waals surface area contributed by atoms with Gasteiger partial charge in [-0.05, 0) is 6.92 Å². The lowest BCUT2D eigenvalue weighted by Gasteiger charge is -2.19. The average molecular weight is 201 g/mol. The molecule has 0 fully saturated rings. The van der Waals surface area contributed by atoms with E-state index in [-0.39, 0.29) is 0 Å². The molecule has 0 aromatic rings. The maximum absolute atomic E-state index is 11.7. The molecule has 2 atom stereocenters. The van der Waals surface area contributed by atoms with Crippen LogP contribution in [0.1, 0.15) is 6.92 Å². The summed E-state index contributed by atoms with van der Waals surface area (Å²) in [5.41, 5.74) is 0. The number of carbonyl (C=O) groups excluding carboxylic acids is 1. The normalized spacial score (nSPS) is 16.5. The van der Waals surface area contributed by atoms with E-state index < -0.39 is 24.4 Å². The van der Waals surface area contributed by atoms with Crippen LogP contribution >= 0.6 is 0 Å². The molecule has 0 aliphatic carbocycles. The summed E-state index contributed by atoms with van der Waals surface area (Å²) in [6, 6.07) is -1.21. The van der Waals surface area contributed by atoms with Crippen LogP contribution in [0.2, 0.25) is 0 Å². The summed E-state index contributed by atoms with van der Waals surface area (Å²) >= 11 is 0. The van der Waals surface area contributed by atoms with Gasteiger partial charge in [-0.2, -0.15) is 13.2 Å². The molecule has 4 nitrogen and oxygen atoms in total. The Morgan fingerprint density at radius 2 is 2.00 bits per heavy atom. The molecule has 78 valence electrons. The predicted octanol–water partition coefficient (Wildman–Crippen LogP) is 0.0182. The molecule has 0 rings (SSSR count). The quantitative estimate of drug-likeness (QED) is 0.499. The monoisotopic (exact) mass is 201 g/mol. The fourth-order valence-electron chi connectivity index (χ4n) is 0.576. The van der Waals surface area contributed by atoms with Gasteiger partial charge in [0.1, 0.15) is 6.04 Å². The summed E-state index contributed by atoms with van der Waals surface area (Å²) in [4.78, 5) is 10.6. The zero-order chi connectivity index (χ0) is 10.6. The second kappa shape index (κ2) is 4.43. The molecule has 0 aromatic heterocycles. The van der Waals surface area contributed by atoms with Gasteiger partial charge in [0.05, 0.1) is 7.11 Å². The van der Waals surface area contributed by atoms with Gasteiger partial charge in [-0.3, -0.25) is 10.1 Å². The van der Waals surface area contributed by atoms with Crippen molar-refractivity contribution in [1.82, 2.24) is 5.32 Å². The number of rotatable bonds is 3. The Kier molecular flexibility index (Phi) is 4.15. The summed E-state index contributed by atoms with van der Waals surface area (Å²) in [5, 5.41) is 10.1. The number of alkyl halides is 3.